The summed E-state index contributed by atoms with van der Waals surface area (Å²) in [6.07, 6.45) is 28.3. The molecule has 3 fully saturated rings. The molecule has 12 rings (SSSR count). The highest BCUT2D eigenvalue weighted by Gasteiger charge is 2.23. The third kappa shape index (κ3) is 21.1. The molecule has 2 aliphatic heterocycles. The average molecular weight is 1190 g/mol. The molecule has 2 saturated heterocycles. The largest absolute Gasteiger partial charge is 0.508 e. The molecule has 4 aromatic carbocycles. The summed E-state index contributed by atoms with van der Waals surface area (Å²) in [7, 11) is 0. The van der Waals surface area contributed by atoms with Crippen molar-refractivity contribution in [2.75, 3.05) is 32.9 Å². The molecule has 0 amide bonds. The number of rotatable bonds is 15. The van der Waals surface area contributed by atoms with Crippen LogP contribution in [0.25, 0.3) is 44.6 Å². The second-order valence-corrected chi connectivity index (χ2v) is 21.9. The van der Waals surface area contributed by atoms with E-state index in [-0.39, 0.29) is 29.0 Å². The van der Waals surface area contributed by atoms with E-state index >= 15 is 0 Å². The molecule has 0 bridgehead atoms. The van der Waals surface area contributed by atoms with E-state index < -0.39 is 0 Å². The number of aliphatic hydroxyl groups is 2. The van der Waals surface area contributed by atoms with Crippen molar-refractivity contribution in [1.29, 1.82) is 0 Å². The Balaban J connectivity index is 0.000000168. The summed E-state index contributed by atoms with van der Waals surface area (Å²) in [5.74, 6) is 3.50. The zero-order chi connectivity index (χ0) is 58.6. The molecule has 15 heteroatoms. The van der Waals surface area contributed by atoms with E-state index in [9.17, 15) is 14.7 Å². The number of hydrogen-bond acceptors (Lipinski definition) is 13. The van der Waals surface area contributed by atoms with Crippen molar-refractivity contribution >= 4 is 45.9 Å². The Labute approximate surface area is 510 Å². The molecule has 1 saturated carbocycles. The number of phenolic OH excluding ortho intramolecular Hbond substituents is 1. The molecular weight excluding hydrogens is 1110 g/mol. The van der Waals surface area contributed by atoms with E-state index in [1.807, 2.05) is 85.5 Å². The third-order valence-electron chi connectivity index (χ3n) is 15.7. The molecular formula is C70H81Cl2N5O8. The number of nitrogens with zero attached hydrogens (tertiary/aromatic N) is 5. The molecule has 2 atom stereocenters. The first kappa shape index (κ1) is 65.3. The van der Waals surface area contributed by atoms with Crippen LogP contribution in [0.15, 0.2) is 201 Å². The van der Waals surface area contributed by atoms with E-state index in [2.05, 4.69) is 49.0 Å². The lowest BCUT2D eigenvalue weighted by atomic mass is 9.87. The average Bonchev–Trinajstić information content (AvgIpc) is 3.62. The predicted octanol–water partition coefficient (Wildman–Crippen LogP) is 14.9. The number of pyridine rings is 3. The van der Waals surface area contributed by atoms with Crippen LogP contribution in [0.4, 0.5) is 0 Å². The molecule has 448 valence electrons. The van der Waals surface area contributed by atoms with Crippen molar-refractivity contribution < 1.29 is 28.9 Å². The van der Waals surface area contributed by atoms with Crippen LogP contribution in [0, 0.1) is 5.92 Å². The molecule has 2 unspecified atom stereocenters. The quantitative estimate of drug-likeness (QED) is 0.0828. The smallest absolute Gasteiger partial charge is 0.193 e. The fourth-order valence-electron chi connectivity index (χ4n) is 11.1. The summed E-state index contributed by atoms with van der Waals surface area (Å²) in [4.78, 5) is 41.4. The Morgan fingerprint density at radius 2 is 0.941 bits per heavy atom. The Morgan fingerprint density at radius 1 is 0.506 bits per heavy atom. The molecule has 7 heterocycles. The topological polar surface area (TPSA) is 175 Å². The summed E-state index contributed by atoms with van der Waals surface area (Å²) in [6, 6.07) is 45.0. The lowest BCUT2D eigenvalue weighted by molar-refractivity contribution is 0.112. The van der Waals surface area contributed by atoms with Gasteiger partial charge in [-0.15, -0.1) is 24.0 Å². The molecule has 0 radical (unpaired) electrons. The second kappa shape index (κ2) is 35.9. The van der Waals surface area contributed by atoms with Gasteiger partial charge in [-0.25, -0.2) is 0 Å². The third-order valence-corrected chi connectivity index (χ3v) is 16.0. The summed E-state index contributed by atoms with van der Waals surface area (Å²) < 4.78 is 17.7. The van der Waals surface area contributed by atoms with E-state index in [0.717, 1.165) is 73.8 Å². The lowest BCUT2D eigenvalue weighted by Gasteiger charge is -2.35. The van der Waals surface area contributed by atoms with Crippen LogP contribution >= 0.6 is 24.0 Å². The maximum Gasteiger partial charge on any atom is 0.193 e. The van der Waals surface area contributed by atoms with Crippen molar-refractivity contribution in [2.45, 2.75) is 121 Å². The number of aliphatic hydroxyl groups excluding tert-OH is 2. The van der Waals surface area contributed by atoms with Gasteiger partial charge in [0.1, 0.15) is 34.2 Å². The fraction of sp³-hybridized carbons (Fsp3) is 0.357. The minimum Gasteiger partial charge on any atom is -0.508 e. The number of halogens is 2. The number of benzene rings is 4. The summed E-state index contributed by atoms with van der Waals surface area (Å²) in [6.45, 7) is 5.64. The number of para-hydroxylation sites is 2. The number of aromatic hydroxyl groups is 1. The fourth-order valence-corrected chi connectivity index (χ4v) is 11.2. The molecule has 3 aliphatic rings. The molecule has 9 aromatic rings. The van der Waals surface area contributed by atoms with Crippen LogP contribution in [-0.4, -0.2) is 85.1 Å². The number of aromatic nitrogens is 3. The maximum absolute atomic E-state index is 12.4. The van der Waals surface area contributed by atoms with Gasteiger partial charge in [-0.05, 0) is 190 Å². The van der Waals surface area contributed by atoms with Gasteiger partial charge in [-0.3, -0.25) is 34.3 Å². The van der Waals surface area contributed by atoms with Crippen LogP contribution in [-0.2, 0) is 19.0 Å². The van der Waals surface area contributed by atoms with E-state index in [1.165, 1.54) is 87.8 Å². The molecule has 1 aliphatic carbocycles. The number of hydrogen-bond donors (Lipinski definition) is 3. The highest BCUT2D eigenvalue weighted by atomic mass is 35.5. The van der Waals surface area contributed by atoms with Crippen molar-refractivity contribution in [3.8, 4) is 34.1 Å². The van der Waals surface area contributed by atoms with Crippen molar-refractivity contribution in [1.82, 2.24) is 24.8 Å². The normalized spacial score (nSPS) is 16.1. The number of phenols is 1. The molecule has 3 N–H and O–H groups in total. The van der Waals surface area contributed by atoms with Gasteiger partial charge in [0, 0.05) is 105 Å². The highest BCUT2D eigenvalue weighted by molar-refractivity contribution is 6.17. The van der Waals surface area contributed by atoms with E-state index in [1.54, 1.807) is 67.0 Å². The SMILES string of the molecule is Cl.ClCc1ccncc1.O=c1cc(-c2ccc(O)cc2)oc2ccccc12.O=c1cc(-c2ccc(OCCC3CCCCN3Cc3ccncc3)cc2)oc2ccccc12.OCCC1CCCCC1.OCCC1CCCCN1Cc1ccncc1. The number of fused-ring (bicyclic) bond motifs is 2. The second-order valence-electron chi connectivity index (χ2n) is 21.6. The number of ether oxygens (including phenoxy) is 1. The Morgan fingerprint density at radius 3 is 1.40 bits per heavy atom. The summed E-state index contributed by atoms with van der Waals surface area (Å²) in [5, 5.41) is 28.1. The van der Waals surface area contributed by atoms with Crippen LogP contribution in [0.2, 0.25) is 0 Å². The number of likely N-dealkylation sites (tertiary alicyclic amines) is 2. The van der Waals surface area contributed by atoms with Crippen LogP contribution < -0.4 is 15.6 Å². The van der Waals surface area contributed by atoms with E-state index in [0.29, 0.717) is 71.2 Å². The van der Waals surface area contributed by atoms with Crippen molar-refractivity contribution in [3.63, 3.8) is 0 Å². The Kier molecular flexibility index (Phi) is 27.6. The zero-order valence-corrected chi connectivity index (χ0v) is 50.1. The minimum atomic E-state index is -0.0695. The number of piperidine rings is 2. The van der Waals surface area contributed by atoms with Crippen LogP contribution in [0.3, 0.4) is 0 Å². The monoisotopic (exact) mass is 1190 g/mol. The van der Waals surface area contributed by atoms with E-state index in [4.69, 9.17) is 35.4 Å². The summed E-state index contributed by atoms with van der Waals surface area (Å²) >= 11 is 5.50. The van der Waals surface area contributed by atoms with Crippen LogP contribution in [0.1, 0.15) is 107 Å². The van der Waals surface area contributed by atoms with Gasteiger partial charge in [-0.1, -0.05) is 69.2 Å². The van der Waals surface area contributed by atoms with Gasteiger partial charge >= 0.3 is 0 Å². The van der Waals surface area contributed by atoms with Gasteiger partial charge in [-0.2, -0.15) is 0 Å². The van der Waals surface area contributed by atoms with Crippen molar-refractivity contribution in [2.24, 2.45) is 5.92 Å². The lowest BCUT2D eigenvalue weighted by Crippen LogP contribution is -2.39. The first-order chi connectivity index (χ1) is 41.3. The minimum absolute atomic E-state index is 0. The molecule has 85 heavy (non-hydrogen) atoms. The van der Waals surface area contributed by atoms with Gasteiger partial charge in [0.05, 0.1) is 17.4 Å². The highest BCUT2D eigenvalue weighted by Crippen LogP contribution is 2.29. The number of alkyl halides is 1. The molecule has 13 nitrogen and oxygen atoms in total. The summed E-state index contributed by atoms with van der Waals surface area (Å²) in [5.41, 5.74) is 6.43. The predicted molar refractivity (Wildman–Crippen MR) is 343 cm³/mol. The maximum atomic E-state index is 12.4. The van der Waals surface area contributed by atoms with Gasteiger partial charge < -0.3 is 28.9 Å². The van der Waals surface area contributed by atoms with Crippen molar-refractivity contribution in [3.05, 3.63) is 220 Å². The Hall–Kier alpha value is -7.23. The van der Waals surface area contributed by atoms with Gasteiger partial charge in [0.25, 0.3) is 0 Å². The first-order valence-corrected chi connectivity index (χ1v) is 30.3. The standard InChI is InChI=1S/C28H28N2O3.C15H10O3.C13H20N2O.C8H16O.C6H6ClN.ClH/c31-26-19-28(33-27-7-2-1-6-25(26)27)22-8-10-24(11-9-22)32-18-14-23-5-3-4-17-30(23)20-21-12-15-29-16-13-21;16-11-7-5-10(6-8-11)15-9-13(17)12-3-1-2-4-14(12)18-15;16-10-6-13-3-1-2-9-15(13)11-12-4-7-14-8-5-12;9-7-6-8-4-2-1-3-5-8;7-5-6-1-3-8-4-2-6;/h1-2,6-13,15-16,19,23H,3-5,14,17-18,20H2;1-9,16H;4-5,7-8,13,16H,1-3,6,9-11H2;8-9H,1-7H2;1-4H,5H2;1H. The van der Waals surface area contributed by atoms with Gasteiger partial charge in [0.15, 0.2) is 10.9 Å². The first-order valence-electron chi connectivity index (χ1n) is 29.8. The Bertz CT molecular complexity index is 3420. The van der Waals surface area contributed by atoms with Crippen LogP contribution in [0.5, 0.6) is 11.5 Å². The molecule has 0 spiro atoms. The van der Waals surface area contributed by atoms with Gasteiger partial charge in [0.2, 0.25) is 0 Å². The molecule has 5 aromatic heterocycles. The zero-order valence-electron chi connectivity index (χ0n) is 48.5.